The average molecular weight is 489 g/mol. The molecule has 1 N–H and O–H groups in total. The van der Waals surface area contributed by atoms with Crippen LogP contribution in [0.2, 0.25) is 0 Å². The molecule has 1 aromatic rings. The molecule has 0 spiro atoms. The Morgan fingerprint density at radius 2 is 1.91 bits per heavy atom. The lowest BCUT2D eigenvalue weighted by atomic mass is 10.0. The summed E-state index contributed by atoms with van der Waals surface area (Å²) < 4.78 is 18.7. The van der Waals surface area contributed by atoms with Crippen molar-refractivity contribution in [1.29, 1.82) is 0 Å². The monoisotopic (exact) mass is 488 g/mol. The summed E-state index contributed by atoms with van der Waals surface area (Å²) >= 11 is 0. The van der Waals surface area contributed by atoms with Gasteiger partial charge >= 0.3 is 6.09 Å². The van der Waals surface area contributed by atoms with Crippen LogP contribution in [0.4, 0.5) is 9.18 Å². The van der Waals surface area contributed by atoms with Crippen molar-refractivity contribution in [3.63, 3.8) is 0 Å². The van der Waals surface area contributed by atoms with Gasteiger partial charge in [0, 0.05) is 37.6 Å². The Labute approximate surface area is 209 Å². The van der Waals surface area contributed by atoms with Gasteiger partial charge in [0.2, 0.25) is 5.91 Å². The van der Waals surface area contributed by atoms with Gasteiger partial charge in [0.05, 0.1) is 0 Å². The Morgan fingerprint density at radius 3 is 2.49 bits per heavy atom. The highest BCUT2D eigenvalue weighted by atomic mass is 19.1. The number of carbonyl (C=O) groups excluding carboxylic acids is 2. The number of likely N-dealkylation sites (tertiary alicyclic amines) is 1. The molecule has 7 nitrogen and oxygen atoms in total. The molecule has 2 fully saturated rings. The third-order valence-electron chi connectivity index (χ3n) is 6.72. The maximum atomic E-state index is 13.3. The zero-order valence-corrected chi connectivity index (χ0v) is 21.8. The van der Waals surface area contributed by atoms with Crippen LogP contribution in [0.5, 0.6) is 0 Å². The van der Waals surface area contributed by atoms with E-state index in [-0.39, 0.29) is 11.7 Å². The number of likely N-dealkylation sites (N-methyl/N-ethyl adjacent to an activating group) is 1. The molecule has 35 heavy (non-hydrogen) atoms. The second-order valence-corrected chi connectivity index (χ2v) is 10.9. The third-order valence-corrected chi connectivity index (χ3v) is 6.72. The van der Waals surface area contributed by atoms with Crippen molar-refractivity contribution in [2.24, 2.45) is 0 Å². The maximum Gasteiger partial charge on any atom is 0.408 e. The van der Waals surface area contributed by atoms with E-state index in [1.807, 2.05) is 32.3 Å². The zero-order valence-electron chi connectivity index (χ0n) is 21.8. The molecule has 0 unspecified atom stereocenters. The van der Waals surface area contributed by atoms with E-state index in [0.29, 0.717) is 37.5 Å². The van der Waals surface area contributed by atoms with Gasteiger partial charge in [-0.2, -0.15) is 0 Å². The molecule has 2 amide bonds. The summed E-state index contributed by atoms with van der Waals surface area (Å²) in [5.74, 6) is 0.109. The summed E-state index contributed by atoms with van der Waals surface area (Å²) in [4.78, 5) is 31.9. The van der Waals surface area contributed by atoms with E-state index in [1.165, 1.54) is 12.1 Å². The number of nitrogens with one attached hydrogen (secondary N) is 1. The molecule has 3 rings (SSSR count). The van der Waals surface area contributed by atoms with Crippen LogP contribution in [-0.4, -0.2) is 90.7 Å². The Morgan fingerprint density at radius 1 is 1.26 bits per heavy atom. The predicted octanol–water partition coefficient (Wildman–Crippen LogP) is 3.62. The molecule has 1 aromatic carbocycles. The van der Waals surface area contributed by atoms with Crippen LogP contribution in [0.15, 0.2) is 36.9 Å². The van der Waals surface area contributed by atoms with Crippen molar-refractivity contribution >= 4 is 12.0 Å². The summed E-state index contributed by atoms with van der Waals surface area (Å²) in [6, 6.07) is 6.85. The summed E-state index contributed by atoms with van der Waals surface area (Å²) in [5.41, 5.74) is 0.519. The van der Waals surface area contributed by atoms with Gasteiger partial charge in [0.15, 0.2) is 0 Å². The standard InChI is InChI=1S/C27H41FN4O3/c1-7-14-31(24-16-22(24)19-10-12-20(28)13-11-19)15-8-9-23(29-26(34)35-27(2,3)4)25(33)32-17-21(18-32)30(5)6/h7,10-13,21-24H,1,8-9,14-18H2,2-6H3,(H,29,34)/t22-,23-,24+/m0/s1. The summed E-state index contributed by atoms with van der Waals surface area (Å²) in [7, 11) is 4.02. The molecular weight excluding hydrogens is 447 g/mol. The number of carbonyl (C=O) groups is 2. The van der Waals surface area contributed by atoms with E-state index >= 15 is 0 Å². The van der Waals surface area contributed by atoms with Crippen molar-refractivity contribution in [2.45, 2.75) is 69.7 Å². The average Bonchev–Trinajstić information content (AvgIpc) is 3.50. The first-order valence-corrected chi connectivity index (χ1v) is 12.5. The minimum Gasteiger partial charge on any atom is -0.444 e. The van der Waals surface area contributed by atoms with Crippen molar-refractivity contribution in [3.05, 3.63) is 48.3 Å². The highest BCUT2D eigenvalue weighted by Gasteiger charge is 2.42. The zero-order chi connectivity index (χ0) is 25.8. The Bertz CT molecular complexity index is 877. The van der Waals surface area contributed by atoms with Crippen LogP contribution in [-0.2, 0) is 9.53 Å². The molecule has 0 bridgehead atoms. The van der Waals surface area contributed by atoms with E-state index in [1.54, 1.807) is 25.7 Å². The lowest BCUT2D eigenvalue weighted by Gasteiger charge is -2.44. The Hall–Kier alpha value is -2.45. The topological polar surface area (TPSA) is 65.1 Å². The van der Waals surface area contributed by atoms with Crippen LogP contribution >= 0.6 is 0 Å². The van der Waals surface area contributed by atoms with Crippen LogP contribution in [0, 0.1) is 5.82 Å². The number of hydrogen-bond donors (Lipinski definition) is 1. The van der Waals surface area contributed by atoms with E-state index in [0.717, 1.165) is 31.5 Å². The second kappa shape index (κ2) is 11.5. The third kappa shape index (κ3) is 7.77. The highest BCUT2D eigenvalue weighted by Crippen LogP contribution is 2.44. The quantitative estimate of drug-likeness (QED) is 0.482. The SMILES string of the molecule is C=CCN(CCC[C@H](NC(=O)OC(C)(C)C)C(=O)N1CC(N(C)C)C1)[C@@H]1C[C@H]1c1ccc(F)cc1. The minimum atomic E-state index is -0.632. The van der Waals surface area contributed by atoms with E-state index in [9.17, 15) is 14.0 Å². The van der Waals surface area contributed by atoms with Crippen LogP contribution < -0.4 is 5.32 Å². The van der Waals surface area contributed by atoms with Crippen LogP contribution in [0.3, 0.4) is 0 Å². The number of rotatable bonds is 11. The molecule has 0 radical (unpaired) electrons. The Kier molecular flexibility index (Phi) is 8.94. The summed E-state index contributed by atoms with van der Waals surface area (Å²) in [6.07, 6.45) is 3.63. The number of nitrogens with zero attached hydrogens (tertiary/aromatic N) is 3. The van der Waals surface area contributed by atoms with Crippen molar-refractivity contribution < 1.29 is 18.7 Å². The first-order chi connectivity index (χ1) is 16.5. The number of alkyl carbamates (subject to hydrolysis) is 1. The summed E-state index contributed by atoms with van der Waals surface area (Å²) in [6.45, 7) is 12.2. The number of amides is 2. The fourth-order valence-electron chi connectivity index (χ4n) is 4.60. The smallest absolute Gasteiger partial charge is 0.408 e. The molecule has 2 aliphatic rings. The van der Waals surface area contributed by atoms with Gasteiger partial charge in [-0.05, 0) is 78.4 Å². The Balaban J connectivity index is 1.57. The maximum absolute atomic E-state index is 13.3. The molecule has 1 aliphatic heterocycles. The second-order valence-electron chi connectivity index (χ2n) is 10.9. The van der Waals surface area contributed by atoms with E-state index in [2.05, 4.69) is 21.7 Å². The molecular formula is C27H41FN4O3. The predicted molar refractivity (Wildman–Crippen MR) is 136 cm³/mol. The molecule has 1 saturated heterocycles. The lowest BCUT2D eigenvalue weighted by molar-refractivity contribution is -0.140. The largest absolute Gasteiger partial charge is 0.444 e. The summed E-state index contributed by atoms with van der Waals surface area (Å²) in [5, 5.41) is 2.82. The van der Waals surface area contributed by atoms with Gasteiger partial charge in [-0.15, -0.1) is 6.58 Å². The number of hydrogen-bond acceptors (Lipinski definition) is 5. The highest BCUT2D eigenvalue weighted by molar-refractivity contribution is 5.86. The van der Waals surface area contributed by atoms with E-state index < -0.39 is 17.7 Å². The van der Waals surface area contributed by atoms with Gasteiger partial charge in [-0.25, -0.2) is 9.18 Å². The molecule has 1 saturated carbocycles. The van der Waals surface area contributed by atoms with Gasteiger partial charge in [0.25, 0.3) is 0 Å². The molecule has 194 valence electrons. The molecule has 3 atom stereocenters. The first-order valence-electron chi connectivity index (χ1n) is 12.5. The number of halogens is 1. The normalized spacial score (nSPS) is 21.0. The van der Waals surface area contributed by atoms with Gasteiger partial charge in [0.1, 0.15) is 17.5 Å². The van der Waals surface area contributed by atoms with Gasteiger partial charge in [-0.3, -0.25) is 9.69 Å². The molecule has 8 heteroatoms. The van der Waals surface area contributed by atoms with Crippen LogP contribution in [0.25, 0.3) is 0 Å². The minimum absolute atomic E-state index is 0.0557. The number of benzene rings is 1. The van der Waals surface area contributed by atoms with Crippen molar-refractivity contribution in [3.8, 4) is 0 Å². The fourth-order valence-corrected chi connectivity index (χ4v) is 4.60. The molecule has 1 heterocycles. The lowest BCUT2D eigenvalue weighted by Crippen LogP contribution is -2.63. The van der Waals surface area contributed by atoms with Gasteiger partial charge in [-0.1, -0.05) is 18.2 Å². The van der Waals surface area contributed by atoms with Crippen molar-refractivity contribution in [1.82, 2.24) is 20.0 Å². The molecule has 0 aromatic heterocycles. The van der Waals surface area contributed by atoms with Crippen LogP contribution in [0.1, 0.15) is 51.5 Å². The van der Waals surface area contributed by atoms with E-state index in [4.69, 9.17) is 4.74 Å². The van der Waals surface area contributed by atoms with Gasteiger partial charge < -0.3 is 19.9 Å². The van der Waals surface area contributed by atoms with Crippen molar-refractivity contribution in [2.75, 3.05) is 40.3 Å². The first kappa shape index (κ1) is 27.1. The number of ether oxygens (including phenoxy) is 1. The fraction of sp³-hybridized carbons (Fsp3) is 0.630. The molecule has 1 aliphatic carbocycles.